The minimum atomic E-state index is 0.767. The number of H-pyrrole nitrogens is 1. The molecule has 5 heteroatoms. The first-order chi connectivity index (χ1) is 9.74. The van der Waals surface area contributed by atoms with Gasteiger partial charge in [0.1, 0.15) is 0 Å². The third kappa shape index (κ3) is 2.88. The summed E-state index contributed by atoms with van der Waals surface area (Å²) in [6, 6.07) is 10.6. The number of aryl methyl sites for hydroxylation is 1. The predicted octanol–water partition coefficient (Wildman–Crippen LogP) is 4.66. The van der Waals surface area contributed by atoms with Gasteiger partial charge in [0.15, 0.2) is 0 Å². The van der Waals surface area contributed by atoms with Gasteiger partial charge in [-0.05, 0) is 58.7 Å². The monoisotopic (exact) mass is 395 g/mol. The van der Waals surface area contributed by atoms with Crippen molar-refractivity contribution in [2.75, 3.05) is 5.32 Å². The van der Waals surface area contributed by atoms with Crippen LogP contribution in [-0.4, -0.2) is 10.2 Å². The van der Waals surface area contributed by atoms with Gasteiger partial charge in [-0.25, -0.2) is 0 Å². The maximum atomic E-state index is 4.16. The second-order valence-corrected chi connectivity index (χ2v) is 6.67. The van der Waals surface area contributed by atoms with Gasteiger partial charge in [-0.15, -0.1) is 11.3 Å². The van der Waals surface area contributed by atoms with Crippen molar-refractivity contribution >= 4 is 39.6 Å². The van der Waals surface area contributed by atoms with Gasteiger partial charge in [-0.3, -0.25) is 5.10 Å². The molecular formula is C15H14IN3S. The molecule has 0 saturated carbocycles. The number of thiophene rings is 1. The summed E-state index contributed by atoms with van der Waals surface area (Å²) in [5.41, 5.74) is 4.73. The number of nitrogens with one attached hydrogen (secondary N) is 2. The molecule has 2 heterocycles. The number of nitrogens with zero attached hydrogens (tertiary/aromatic N) is 1. The summed E-state index contributed by atoms with van der Waals surface area (Å²) >= 11 is 4.08. The van der Waals surface area contributed by atoms with Crippen molar-refractivity contribution in [1.29, 1.82) is 0 Å². The van der Waals surface area contributed by atoms with E-state index in [2.05, 4.69) is 80.7 Å². The second-order valence-electron chi connectivity index (χ2n) is 4.57. The number of halogens is 1. The highest BCUT2D eigenvalue weighted by atomic mass is 127. The summed E-state index contributed by atoms with van der Waals surface area (Å²) in [6.45, 7) is 2.89. The van der Waals surface area contributed by atoms with Crippen LogP contribution in [0.25, 0.3) is 10.6 Å². The van der Waals surface area contributed by atoms with Gasteiger partial charge in [0.25, 0.3) is 0 Å². The number of benzene rings is 1. The molecule has 102 valence electrons. The van der Waals surface area contributed by atoms with E-state index in [4.69, 9.17) is 0 Å². The van der Waals surface area contributed by atoms with Crippen LogP contribution in [0.5, 0.6) is 0 Å². The third-order valence-corrected chi connectivity index (χ3v) is 5.19. The number of hydrogen-bond donors (Lipinski definition) is 2. The average Bonchev–Trinajstić information content (AvgIpc) is 3.09. The number of rotatable bonds is 4. The van der Waals surface area contributed by atoms with Gasteiger partial charge in [0, 0.05) is 21.4 Å². The Bertz CT molecular complexity index is 704. The zero-order valence-corrected chi connectivity index (χ0v) is 14.0. The smallest absolute Gasteiger partial charge is 0.0799 e. The zero-order valence-electron chi connectivity index (χ0n) is 11.0. The van der Waals surface area contributed by atoms with Gasteiger partial charge in [0.2, 0.25) is 0 Å². The highest BCUT2D eigenvalue weighted by molar-refractivity contribution is 14.1. The Morgan fingerprint density at radius 1 is 1.35 bits per heavy atom. The first-order valence-corrected chi connectivity index (χ1v) is 8.26. The SMILES string of the molecule is Cc1ccc(NCc2cn[nH]c2-c2cccs2)cc1I. The normalized spacial score (nSPS) is 10.7. The molecule has 0 amide bonds. The molecule has 0 spiro atoms. The van der Waals surface area contributed by atoms with E-state index in [-0.39, 0.29) is 0 Å². The zero-order chi connectivity index (χ0) is 13.9. The molecule has 0 saturated heterocycles. The molecule has 3 nitrogen and oxygen atoms in total. The Labute approximate surface area is 135 Å². The van der Waals surface area contributed by atoms with Crippen LogP contribution in [0.4, 0.5) is 5.69 Å². The lowest BCUT2D eigenvalue weighted by molar-refractivity contribution is 1.10. The summed E-state index contributed by atoms with van der Waals surface area (Å²) in [5, 5.41) is 12.8. The Morgan fingerprint density at radius 2 is 2.25 bits per heavy atom. The minimum absolute atomic E-state index is 0.767. The lowest BCUT2D eigenvalue weighted by Gasteiger charge is -2.08. The van der Waals surface area contributed by atoms with Crippen molar-refractivity contribution < 1.29 is 0 Å². The standard InChI is InChI=1S/C15H14IN3S/c1-10-4-5-12(7-13(10)16)17-8-11-9-18-19-15(11)14-3-2-6-20-14/h2-7,9,17H,8H2,1H3,(H,18,19). The quantitative estimate of drug-likeness (QED) is 0.631. The highest BCUT2D eigenvalue weighted by Gasteiger charge is 2.08. The molecule has 0 radical (unpaired) electrons. The van der Waals surface area contributed by atoms with Crippen LogP contribution in [0.1, 0.15) is 11.1 Å². The maximum Gasteiger partial charge on any atom is 0.0799 e. The molecule has 3 rings (SSSR count). The van der Waals surface area contributed by atoms with Crippen molar-refractivity contribution in [3.63, 3.8) is 0 Å². The summed E-state index contributed by atoms with van der Waals surface area (Å²) in [5.74, 6) is 0. The fraction of sp³-hybridized carbons (Fsp3) is 0.133. The van der Waals surface area contributed by atoms with Gasteiger partial charge in [-0.2, -0.15) is 5.10 Å². The van der Waals surface area contributed by atoms with Gasteiger partial charge in [0.05, 0.1) is 16.8 Å². The molecule has 0 aliphatic rings. The molecule has 0 aliphatic heterocycles. The van der Waals surface area contributed by atoms with Crippen molar-refractivity contribution in [1.82, 2.24) is 10.2 Å². The second kappa shape index (κ2) is 5.97. The molecule has 0 aliphatic carbocycles. The molecule has 1 aromatic carbocycles. The first kappa shape index (κ1) is 13.6. The lowest BCUT2D eigenvalue weighted by Crippen LogP contribution is -2.00. The van der Waals surface area contributed by atoms with E-state index in [0.717, 1.165) is 17.9 Å². The van der Waals surface area contributed by atoms with E-state index in [1.807, 2.05) is 6.20 Å². The Hall–Kier alpha value is -1.34. The Kier molecular flexibility index (Phi) is 4.07. The molecule has 0 atom stereocenters. The van der Waals surface area contributed by atoms with Gasteiger partial charge in [-0.1, -0.05) is 12.1 Å². The fourth-order valence-electron chi connectivity index (χ4n) is 1.98. The summed E-state index contributed by atoms with van der Waals surface area (Å²) in [4.78, 5) is 1.22. The fourth-order valence-corrected chi connectivity index (χ4v) is 3.25. The third-order valence-electron chi connectivity index (χ3n) is 3.14. The van der Waals surface area contributed by atoms with Crippen LogP contribution in [0, 0.1) is 10.5 Å². The van der Waals surface area contributed by atoms with Crippen LogP contribution >= 0.6 is 33.9 Å². The van der Waals surface area contributed by atoms with Crippen LogP contribution < -0.4 is 5.32 Å². The van der Waals surface area contributed by atoms with Crippen LogP contribution in [-0.2, 0) is 6.54 Å². The topological polar surface area (TPSA) is 40.7 Å². The highest BCUT2D eigenvalue weighted by Crippen LogP contribution is 2.26. The Morgan fingerprint density at radius 3 is 3.00 bits per heavy atom. The lowest BCUT2D eigenvalue weighted by atomic mass is 10.2. The summed E-state index contributed by atoms with van der Waals surface area (Å²) in [7, 11) is 0. The van der Waals surface area contributed by atoms with E-state index < -0.39 is 0 Å². The number of hydrogen-bond acceptors (Lipinski definition) is 3. The molecular weight excluding hydrogens is 381 g/mol. The van der Waals surface area contributed by atoms with E-state index in [9.17, 15) is 0 Å². The molecule has 0 bridgehead atoms. The van der Waals surface area contributed by atoms with Crippen LogP contribution in [0.15, 0.2) is 41.9 Å². The van der Waals surface area contributed by atoms with E-state index >= 15 is 0 Å². The molecule has 0 fully saturated rings. The van der Waals surface area contributed by atoms with E-state index in [0.29, 0.717) is 0 Å². The van der Waals surface area contributed by atoms with Crippen molar-refractivity contribution in [3.8, 4) is 10.6 Å². The average molecular weight is 395 g/mol. The molecule has 2 aromatic heterocycles. The predicted molar refractivity (Wildman–Crippen MR) is 93.1 cm³/mol. The van der Waals surface area contributed by atoms with Crippen molar-refractivity contribution in [2.45, 2.75) is 13.5 Å². The van der Waals surface area contributed by atoms with Crippen molar-refractivity contribution in [3.05, 3.63) is 56.6 Å². The summed E-state index contributed by atoms with van der Waals surface area (Å²) < 4.78 is 1.28. The van der Waals surface area contributed by atoms with E-state index in [1.165, 1.54) is 19.6 Å². The number of aromatic nitrogens is 2. The van der Waals surface area contributed by atoms with Crippen molar-refractivity contribution in [2.24, 2.45) is 0 Å². The van der Waals surface area contributed by atoms with Gasteiger partial charge < -0.3 is 5.32 Å². The minimum Gasteiger partial charge on any atom is -0.381 e. The molecule has 0 unspecified atom stereocenters. The largest absolute Gasteiger partial charge is 0.381 e. The number of aromatic amines is 1. The molecule has 3 aromatic rings. The molecule has 20 heavy (non-hydrogen) atoms. The number of anilines is 1. The maximum absolute atomic E-state index is 4.16. The van der Waals surface area contributed by atoms with E-state index in [1.54, 1.807) is 11.3 Å². The van der Waals surface area contributed by atoms with Gasteiger partial charge >= 0.3 is 0 Å². The Balaban J connectivity index is 1.76. The van der Waals surface area contributed by atoms with Crippen LogP contribution in [0.3, 0.4) is 0 Å². The first-order valence-electron chi connectivity index (χ1n) is 6.30. The van der Waals surface area contributed by atoms with Crippen LogP contribution in [0.2, 0.25) is 0 Å². The summed E-state index contributed by atoms with van der Waals surface area (Å²) in [6.07, 6.45) is 1.89. The molecule has 2 N–H and O–H groups in total.